The van der Waals surface area contributed by atoms with Gasteiger partial charge in [-0.15, -0.1) is 0 Å². The molecule has 3 heteroatoms. The van der Waals surface area contributed by atoms with Gasteiger partial charge in [-0.05, 0) is 0 Å². The van der Waals surface area contributed by atoms with Gasteiger partial charge in [0.05, 0.1) is 0 Å². The summed E-state index contributed by atoms with van der Waals surface area (Å²) in [5, 5.41) is 1.36. The van der Waals surface area contributed by atoms with Crippen LogP contribution in [0.2, 0.25) is 0 Å². The quantitative estimate of drug-likeness (QED) is 0.779. The molecule has 0 aliphatic carbocycles. The average Bonchev–Trinajstić information content (AvgIpc) is 2.36. The minimum atomic E-state index is 0.258. The van der Waals surface area contributed by atoms with E-state index >= 15 is 0 Å². The molecule has 2 unspecified atom stereocenters. The van der Waals surface area contributed by atoms with Crippen molar-refractivity contribution in [2.24, 2.45) is 0 Å². The second-order valence-corrected chi connectivity index (χ2v) is 6.94. The Morgan fingerprint density at radius 1 is 1.22 bits per heavy atom. The Morgan fingerprint density at radius 2 is 1.83 bits per heavy atom. The van der Waals surface area contributed by atoms with Crippen molar-refractivity contribution in [2.75, 3.05) is 19.6 Å². The van der Waals surface area contributed by atoms with Crippen LogP contribution in [-0.2, 0) is 0 Å². The van der Waals surface area contributed by atoms with Crippen LogP contribution in [-0.4, -0.2) is 40.8 Å². The van der Waals surface area contributed by atoms with E-state index in [-0.39, 0.29) is 5.78 Å². The van der Waals surface area contributed by atoms with Gasteiger partial charge in [0, 0.05) is 42.1 Å². The number of thioether (sulfide) groups is 1. The Labute approximate surface area is 114 Å². The Hall–Kier alpha value is -0.800. The standard InChI is InChI=1S/C15H21NOS/c1-12-10-16(11-13(2)18-12)9-8-15(17)14-6-4-3-5-7-14/h3-7,12-13H,8-11H2,1-2H3. The van der Waals surface area contributed by atoms with Crippen molar-refractivity contribution in [3.63, 3.8) is 0 Å². The molecular weight excluding hydrogens is 242 g/mol. The molecule has 0 saturated carbocycles. The highest BCUT2D eigenvalue weighted by Gasteiger charge is 2.22. The van der Waals surface area contributed by atoms with Gasteiger partial charge in [-0.2, -0.15) is 11.8 Å². The highest BCUT2D eigenvalue weighted by Crippen LogP contribution is 2.24. The second-order valence-electron chi connectivity index (χ2n) is 5.06. The maximum Gasteiger partial charge on any atom is 0.164 e. The van der Waals surface area contributed by atoms with Gasteiger partial charge in [0.2, 0.25) is 0 Å². The van der Waals surface area contributed by atoms with Crippen LogP contribution in [0.5, 0.6) is 0 Å². The van der Waals surface area contributed by atoms with Crippen LogP contribution in [0.25, 0.3) is 0 Å². The second kappa shape index (κ2) is 6.39. The molecule has 0 spiro atoms. The van der Waals surface area contributed by atoms with Gasteiger partial charge in [-0.1, -0.05) is 44.2 Å². The maximum absolute atomic E-state index is 12.0. The summed E-state index contributed by atoms with van der Waals surface area (Å²) in [7, 11) is 0. The fourth-order valence-corrected chi connectivity index (χ4v) is 3.88. The molecule has 1 aromatic rings. The molecule has 2 atom stereocenters. The highest BCUT2D eigenvalue weighted by molar-refractivity contribution is 8.00. The van der Waals surface area contributed by atoms with E-state index < -0.39 is 0 Å². The molecule has 98 valence electrons. The van der Waals surface area contributed by atoms with E-state index in [1.54, 1.807) is 0 Å². The Kier molecular flexibility index (Phi) is 4.84. The first kappa shape index (κ1) is 13.6. The zero-order chi connectivity index (χ0) is 13.0. The first-order valence-corrected chi connectivity index (χ1v) is 7.55. The van der Waals surface area contributed by atoms with Crippen LogP contribution >= 0.6 is 11.8 Å². The number of Topliss-reactive ketones (excluding diaryl/α,β-unsaturated/α-hetero) is 1. The van der Waals surface area contributed by atoms with Crippen molar-refractivity contribution in [3.05, 3.63) is 35.9 Å². The molecule has 0 aromatic heterocycles. The summed E-state index contributed by atoms with van der Waals surface area (Å²) in [5.74, 6) is 0.258. The molecule has 18 heavy (non-hydrogen) atoms. The molecular formula is C15H21NOS. The maximum atomic E-state index is 12.0. The Morgan fingerprint density at radius 3 is 2.44 bits per heavy atom. The number of hydrogen-bond donors (Lipinski definition) is 0. The van der Waals surface area contributed by atoms with Crippen LogP contribution in [0, 0.1) is 0 Å². The predicted octanol–water partition coefficient (Wildman–Crippen LogP) is 3.09. The summed E-state index contributed by atoms with van der Waals surface area (Å²) < 4.78 is 0. The normalized spacial score (nSPS) is 25.0. The summed E-state index contributed by atoms with van der Waals surface area (Å²) in [4.78, 5) is 14.4. The summed E-state index contributed by atoms with van der Waals surface area (Å²) >= 11 is 2.05. The van der Waals surface area contributed by atoms with Gasteiger partial charge in [0.15, 0.2) is 5.78 Å². The van der Waals surface area contributed by atoms with E-state index in [1.165, 1.54) is 0 Å². The van der Waals surface area contributed by atoms with Gasteiger partial charge in [-0.25, -0.2) is 0 Å². The number of carbonyl (C=O) groups is 1. The molecule has 1 heterocycles. The van der Waals surface area contributed by atoms with Gasteiger partial charge in [-0.3, -0.25) is 4.79 Å². The third-order valence-electron chi connectivity index (χ3n) is 3.25. The lowest BCUT2D eigenvalue weighted by atomic mass is 10.1. The molecule has 0 N–H and O–H groups in total. The molecule has 1 aromatic carbocycles. The molecule has 1 saturated heterocycles. The lowest BCUT2D eigenvalue weighted by Gasteiger charge is -2.34. The average molecular weight is 263 g/mol. The van der Waals surface area contributed by atoms with Crippen LogP contribution < -0.4 is 0 Å². The summed E-state index contributed by atoms with van der Waals surface area (Å²) in [6.45, 7) is 7.65. The Bertz CT molecular complexity index is 383. The summed E-state index contributed by atoms with van der Waals surface area (Å²) in [6.07, 6.45) is 0.633. The van der Waals surface area contributed by atoms with E-state index in [1.807, 2.05) is 42.1 Å². The van der Waals surface area contributed by atoms with Crippen LogP contribution in [0.4, 0.5) is 0 Å². The van der Waals surface area contributed by atoms with Crippen LogP contribution in [0.3, 0.4) is 0 Å². The largest absolute Gasteiger partial charge is 0.301 e. The van der Waals surface area contributed by atoms with E-state index in [4.69, 9.17) is 0 Å². The van der Waals surface area contributed by atoms with Crippen molar-refractivity contribution in [3.8, 4) is 0 Å². The summed E-state index contributed by atoms with van der Waals surface area (Å²) in [6, 6.07) is 9.60. The molecule has 2 nitrogen and oxygen atoms in total. The predicted molar refractivity (Wildman–Crippen MR) is 78.3 cm³/mol. The smallest absolute Gasteiger partial charge is 0.164 e. The zero-order valence-electron chi connectivity index (χ0n) is 11.1. The first-order valence-electron chi connectivity index (χ1n) is 6.61. The molecule has 1 aliphatic heterocycles. The van der Waals surface area contributed by atoms with Crippen LogP contribution in [0.1, 0.15) is 30.6 Å². The topological polar surface area (TPSA) is 20.3 Å². The first-order chi connectivity index (χ1) is 8.65. The van der Waals surface area contributed by atoms with E-state index in [2.05, 4.69) is 18.7 Å². The van der Waals surface area contributed by atoms with E-state index in [9.17, 15) is 4.79 Å². The molecule has 1 fully saturated rings. The van der Waals surface area contributed by atoms with Gasteiger partial charge >= 0.3 is 0 Å². The molecule has 1 aliphatic rings. The number of hydrogen-bond acceptors (Lipinski definition) is 3. The van der Waals surface area contributed by atoms with E-state index in [0.29, 0.717) is 16.9 Å². The number of carbonyl (C=O) groups excluding carboxylic acids is 1. The Balaban J connectivity index is 1.83. The fraction of sp³-hybridized carbons (Fsp3) is 0.533. The molecule has 0 amide bonds. The number of rotatable bonds is 4. The van der Waals surface area contributed by atoms with E-state index in [0.717, 1.165) is 25.2 Å². The number of benzene rings is 1. The SMILES string of the molecule is CC1CN(CCC(=O)c2ccccc2)CC(C)S1. The van der Waals surface area contributed by atoms with Crippen molar-refractivity contribution in [2.45, 2.75) is 30.8 Å². The monoisotopic (exact) mass is 263 g/mol. The van der Waals surface area contributed by atoms with Crippen molar-refractivity contribution >= 4 is 17.5 Å². The zero-order valence-corrected chi connectivity index (χ0v) is 12.0. The fourth-order valence-electron chi connectivity index (χ4n) is 2.50. The lowest BCUT2D eigenvalue weighted by molar-refractivity contribution is 0.0963. The lowest BCUT2D eigenvalue weighted by Crippen LogP contribution is -2.41. The van der Waals surface area contributed by atoms with Gasteiger partial charge in [0.1, 0.15) is 0 Å². The van der Waals surface area contributed by atoms with Gasteiger partial charge < -0.3 is 4.90 Å². The van der Waals surface area contributed by atoms with Crippen LogP contribution in [0.15, 0.2) is 30.3 Å². The van der Waals surface area contributed by atoms with Crippen molar-refractivity contribution < 1.29 is 4.79 Å². The molecule has 2 rings (SSSR count). The third-order valence-corrected chi connectivity index (χ3v) is 4.47. The third kappa shape index (κ3) is 3.85. The van der Waals surface area contributed by atoms with Gasteiger partial charge in [0.25, 0.3) is 0 Å². The van der Waals surface area contributed by atoms with Crippen molar-refractivity contribution in [1.82, 2.24) is 4.90 Å². The highest BCUT2D eigenvalue weighted by atomic mass is 32.2. The summed E-state index contributed by atoms with van der Waals surface area (Å²) in [5.41, 5.74) is 0.838. The number of nitrogens with zero attached hydrogens (tertiary/aromatic N) is 1. The molecule has 0 radical (unpaired) electrons. The minimum absolute atomic E-state index is 0.258. The minimum Gasteiger partial charge on any atom is -0.301 e. The van der Waals surface area contributed by atoms with Crippen molar-refractivity contribution in [1.29, 1.82) is 0 Å². The molecule has 0 bridgehead atoms. The number of ketones is 1.